The van der Waals surface area contributed by atoms with Crippen molar-refractivity contribution in [3.8, 4) is 0 Å². The number of hydrogen-bond donors (Lipinski definition) is 2. The Labute approximate surface area is 128 Å². The van der Waals surface area contributed by atoms with Crippen LogP contribution >= 0.6 is 0 Å². The molecule has 21 heavy (non-hydrogen) atoms. The lowest BCUT2D eigenvalue weighted by molar-refractivity contribution is -0.147. The number of ether oxygens (including phenoxy) is 2. The summed E-state index contributed by atoms with van der Waals surface area (Å²) >= 11 is 0. The molecule has 6 heteroatoms. The Hall–Kier alpha value is -1.30. The van der Waals surface area contributed by atoms with E-state index in [2.05, 4.69) is 29.5 Å². The SMILES string of the molecule is CN=C(NCCCOCC(C)C)NCCC(=O)OC(C)C. The van der Waals surface area contributed by atoms with Gasteiger partial charge in [-0.15, -0.1) is 0 Å². The number of hydrogen-bond acceptors (Lipinski definition) is 4. The Morgan fingerprint density at radius 1 is 1.14 bits per heavy atom. The number of rotatable bonds is 10. The molecule has 0 rings (SSSR count). The molecule has 6 nitrogen and oxygen atoms in total. The summed E-state index contributed by atoms with van der Waals surface area (Å²) in [6.45, 7) is 10.8. The Morgan fingerprint density at radius 2 is 1.81 bits per heavy atom. The monoisotopic (exact) mass is 301 g/mol. The quantitative estimate of drug-likeness (QED) is 0.277. The minimum absolute atomic E-state index is 0.0687. The Balaban J connectivity index is 3.61. The summed E-state index contributed by atoms with van der Waals surface area (Å²) in [5.74, 6) is 1.06. The van der Waals surface area contributed by atoms with Gasteiger partial charge in [0.25, 0.3) is 0 Å². The molecule has 0 saturated heterocycles. The number of carbonyl (C=O) groups is 1. The van der Waals surface area contributed by atoms with E-state index in [9.17, 15) is 4.79 Å². The van der Waals surface area contributed by atoms with Gasteiger partial charge >= 0.3 is 5.97 Å². The second kappa shape index (κ2) is 12.4. The molecule has 0 bridgehead atoms. The van der Waals surface area contributed by atoms with Crippen molar-refractivity contribution in [1.82, 2.24) is 10.6 Å². The van der Waals surface area contributed by atoms with Crippen LogP contribution in [0.5, 0.6) is 0 Å². The summed E-state index contributed by atoms with van der Waals surface area (Å²) in [5.41, 5.74) is 0. The van der Waals surface area contributed by atoms with E-state index in [1.807, 2.05) is 13.8 Å². The van der Waals surface area contributed by atoms with Crippen LogP contribution < -0.4 is 10.6 Å². The van der Waals surface area contributed by atoms with Crippen molar-refractivity contribution in [3.05, 3.63) is 0 Å². The Kier molecular flexibility index (Phi) is 11.7. The standard InChI is InChI=1S/C15H31N3O3/c1-12(2)11-20-10-6-8-17-15(16-5)18-9-7-14(19)21-13(3)4/h12-13H,6-11H2,1-5H3,(H2,16,17,18). The van der Waals surface area contributed by atoms with Crippen LogP contribution in [0.25, 0.3) is 0 Å². The second-order valence-corrected chi connectivity index (χ2v) is 5.54. The first-order valence-electron chi connectivity index (χ1n) is 7.67. The van der Waals surface area contributed by atoms with Gasteiger partial charge in [0.05, 0.1) is 12.5 Å². The average Bonchev–Trinajstić information content (AvgIpc) is 2.39. The molecule has 0 fully saturated rings. The van der Waals surface area contributed by atoms with Gasteiger partial charge in [0, 0.05) is 33.4 Å². The summed E-state index contributed by atoms with van der Waals surface area (Å²) in [7, 11) is 1.71. The summed E-state index contributed by atoms with van der Waals surface area (Å²) < 4.78 is 10.6. The largest absolute Gasteiger partial charge is 0.463 e. The van der Waals surface area contributed by atoms with E-state index in [-0.39, 0.29) is 12.1 Å². The lowest BCUT2D eigenvalue weighted by Gasteiger charge is -2.12. The molecule has 0 spiro atoms. The van der Waals surface area contributed by atoms with Gasteiger partial charge in [0.2, 0.25) is 0 Å². The van der Waals surface area contributed by atoms with Gasteiger partial charge in [0.15, 0.2) is 5.96 Å². The van der Waals surface area contributed by atoms with E-state index in [1.165, 1.54) is 0 Å². The molecule has 0 aliphatic rings. The van der Waals surface area contributed by atoms with Gasteiger partial charge in [-0.2, -0.15) is 0 Å². The highest BCUT2D eigenvalue weighted by atomic mass is 16.5. The van der Waals surface area contributed by atoms with Crippen LogP contribution in [-0.2, 0) is 14.3 Å². The first-order chi connectivity index (χ1) is 9.95. The van der Waals surface area contributed by atoms with Crippen LogP contribution in [0.1, 0.15) is 40.5 Å². The second-order valence-electron chi connectivity index (χ2n) is 5.54. The van der Waals surface area contributed by atoms with Crippen molar-refractivity contribution in [2.45, 2.75) is 46.6 Å². The lowest BCUT2D eigenvalue weighted by Crippen LogP contribution is -2.39. The van der Waals surface area contributed by atoms with E-state index in [1.54, 1.807) is 7.05 Å². The summed E-state index contributed by atoms with van der Waals surface area (Å²) in [5, 5.41) is 6.26. The van der Waals surface area contributed by atoms with Crippen LogP contribution in [0, 0.1) is 5.92 Å². The molecule has 0 aromatic heterocycles. The topological polar surface area (TPSA) is 72.0 Å². The van der Waals surface area contributed by atoms with Crippen molar-refractivity contribution in [2.24, 2.45) is 10.9 Å². The molecule has 0 atom stereocenters. The van der Waals surface area contributed by atoms with E-state index >= 15 is 0 Å². The van der Waals surface area contributed by atoms with Gasteiger partial charge in [0.1, 0.15) is 0 Å². The van der Waals surface area contributed by atoms with Crippen LogP contribution in [0.15, 0.2) is 4.99 Å². The number of nitrogens with zero attached hydrogens (tertiary/aromatic N) is 1. The fraction of sp³-hybridized carbons (Fsp3) is 0.867. The molecule has 0 aliphatic heterocycles. The first kappa shape index (κ1) is 19.7. The molecule has 0 aromatic rings. The van der Waals surface area contributed by atoms with Crippen molar-refractivity contribution in [1.29, 1.82) is 0 Å². The van der Waals surface area contributed by atoms with Gasteiger partial charge in [-0.3, -0.25) is 9.79 Å². The third kappa shape index (κ3) is 13.4. The molecule has 2 N–H and O–H groups in total. The molecular weight excluding hydrogens is 270 g/mol. The third-order valence-corrected chi connectivity index (χ3v) is 2.42. The minimum Gasteiger partial charge on any atom is -0.463 e. The fourth-order valence-electron chi connectivity index (χ4n) is 1.53. The van der Waals surface area contributed by atoms with Crippen molar-refractivity contribution >= 4 is 11.9 Å². The highest BCUT2D eigenvalue weighted by molar-refractivity contribution is 5.80. The van der Waals surface area contributed by atoms with E-state index < -0.39 is 0 Å². The first-order valence-corrected chi connectivity index (χ1v) is 7.67. The van der Waals surface area contributed by atoms with Gasteiger partial charge in [-0.25, -0.2) is 0 Å². The van der Waals surface area contributed by atoms with Crippen LogP contribution in [0.4, 0.5) is 0 Å². The summed E-state index contributed by atoms with van der Waals surface area (Å²) in [6, 6.07) is 0. The van der Waals surface area contributed by atoms with Gasteiger partial charge in [-0.1, -0.05) is 13.8 Å². The molecule has 0 amide bonds. The van der Waals surface area contributed by atoms with Crippen LogP contribution in [-0.4, -0.2) is 51.4 Å². The summed E-state index contributed by atoms with van der Waals surface area (Å²) in [6.07, 6.45) is 1.18. The van der Waals surface area contributed by atoms with E-state index in [4.69, 9.17) is 9.47 Å². The number of esters is 1. The smallest absolute Gasteiger partial charge is 0.307 e. The number of nitrogens with one attached hydrogen (secondary N) is 2. The zero-order valence-electron chi connectivity index (χ0n) is 14.1. The molecule has 124 valence electrons. The molecule has 0 aliphatic carbocycles. The normalized spacial score (nSPS) is 11.9. The number of guanidine groups is 1. The predicted octanol–water partition coefficient (Wildman–Crippen LogP) is 1.56. The number of aliphatic imine (C=N–C) groups is 1. The zero-order valence-corrected chi connectivity index (χ0v) is 14.1. The molecular formula is C15H31N3O3. The highest BCUT2D eigenvalue weighted by Gasteiger charge is 2.05. The lowest BCUT2D eigenvalue weighted by atomic mass is 10.2. The predicted molar refractivity (Wildman–Crippen MR) is 85.5 cm³/mol. The Morgan fingerprint density at radius 3 is 2.38 bits per heavy atom. The summed E-state index contributed by atoms with van der Waals surface area (Å²) in [4.78, 5) is 15.5. The number of carbonyl (C=O) groups excluding carboxylic acids is 1. The zero-order chi connectivity index (χ0) is 16.1. The maximum Gasteiger partial charge on any atom is 0.307 e. The third-order valence-electron chi connectivity index (χ3n) is 2.42. The van der Waals surface area contributed by atoms with Gasteiger partial charge < -0.3 is 20.1 Å². The maximum atomic E-state index is 11.4. The van der Waals surface area contributed by atoms with Crippen LogP contribution in [0.3, 0.4) is 0 Å². The molecule has 0 aromatic carbocycles. The average molecular weight is 301 g/mol. The molecule has 0 heterocycles. The molecule has 0 unspecified atom stereocenters. The van der Waals surface area contributed by atoms with Crippen molar-refractivity contribution < 1.29 is 14.3 Å². The van der Waals surface area contributed by atoms with Crippen LogP contribution in [0.2, 0.25) is 0 Å². The van der Waals surface area contributed by atoms with E-state index in [0.717, 1.165) is 26.2 Å². The van der Waals surface area contributed by atoms with E-state index in [0.29, 0.717) is 24.8 Å². The molecule has 0 saturated carbocycles. The van der Waals surface area contributed by atoms with Crippen molar-refractivity contribution in [3.63, 3.8) is 0 Å². The fourth-order valence-corrected chi connectivity index (χ4v) is 1.53. The minimum atomic E-state index is -0.199. The van der Waals surface area contributed by atoms with Crippen molar-refractivity contribution in [2.75, 3.05) is 33.4 Å². The highest BCUT2D eigenvalue weighted by Crippen LogP contribution is 1.93. The maximum absolute atomic E-state index is 11.4. The Bertz CT molecular complexity index is 305. The van der Waals surface area contributed by atoms with Gasteiger partial charge in [-0.05, 0) is 26.2 Å². The molecule has 0 radical (unpaired) electrons.